The van der Waals surface area contributed by atoms with E-state index in [2.05, 4.69) is 110 Å². The van der Waals surface area contributed by atoms with Crippen LogP contribution in [0, 0.1) is 154 Å². The number of benzene rings is 10. The Bertz CT molecular complexity index is 9050. The van der Waals surface area contributed by atoms with Gasteiger partial charge in [-0.05, 0) is 396 Å². The first-order valence-corrected chi connectivity index (χ1v) is 52.1. The minimum atomic E-state index is -5.47. The van der Waals surface area contributed by atoms with Crippen LogP contribution in [0.4, 0.5) is 22.0 Å². The zero-order valence-corrected chi connectivity index (χ0v) is 87.4. The van der Waals surface area contributed by atoms with E-state index in [0.717, 1.165) is 146 Å². The van der Waals surface area contributed by atoms with E-state index in [1.807, 2.05) is 171 Å². The summed E-state index contributed by atoms with van der Waals surface area (Å²) in [5, 5.41) is 38.9. The molecule has 6 aromatic heterocycles. The lowest BCUT2D eigenvalue weighted by Crippen LogP contribution is -2.06. The summed E-state index contributed by atoms with van der Waals surface area (Å²) < 4.78 is 173. The van der Waals surface area contributed by atoms with Gasteiger partial charge in [-0.15, -0.1) is 8.67 Å². The minimum absolute atomic E-state index is 0.00231. The van der Waals surface area contributed by atoms with Crippen molar-refractivity contribution in [3.05, 3.63) is 338 Å². The molecule has 16 aromatic rings. The monoisotopic (exact) mass is 2070 g/mol. The lowest BCUT2D eigenvalue weighted by atomic mass is 9.89. The molecule has 0 spiro atoms. The van der Waals surface area contributed by atoms with Crippen molar-refractivity contribution in [1.82, 2.24) is 39.9 Å². The quantitative estimate of drug-likeness (QED) is 0.00651. The van der Waals surface area contributed by atoms with Crippen molar-refractivity contribution >= 4 is 137 Å². The van der Waals surface area contributed by atoms with Crippen LogP contribution < -0.4 is 0 Å². The predicted octanol–water partition coefficient (Wildman–Crippen LogP) is 31.1. The van der Waals surface area contributed by atoms with Gasteiger partial charge in [-0.3, -0.25) is 9.11 Å². The molecule has 0 fully saturated rings. The number of H-pyrrole nitrogens is 4. The number of hydrogen-bond donors (Lipinski definition) is 9. The Hall–Kier alpha value is -14.7. The van der Waals surface area contributed by atoms with Gasteiger partial charge in [0.1, 0.15) is 9.79 Å². The SMILES string of the molecule is Cc1cc(C)c(-c2c3nc(c(-c4c(F)c(F)c(F)c(F)c4F)c4ccc([nH]4)c(-c4c(C)cc(C)cc4C)c4nc(c(-c5c(C)cc(-c6cc(SOOO)c(-c7cc(SOOO)c(-c8cc(C)c(-c9c%10nc(c(-c%11c(C)c(C)cc(C)c%11C)c%11ccc([nH]%11)c(-c%11ccc(CO)cc%11)c%11nc(c(-c%12c(C)c(C)cc(C)c%12C)c%12ccc9[nH]%12)C=C%11)C=C%10)c(C)c8)cc7S(=O)(=O)O)cc6S(=O)(=O)O)cc5C)c5ccc2[nH]5)C=C4)C=C3)c(C)c1. The molecule has 10 heterocycles. The summed E-state index contributed by atoms with van der Waals surface area (Å²) in [4.78, 5) is 35.0. The highest BCUT2D eigenvalue weighted by molar-refractivity contribution is 7.95. The highest BCUT2D eigenvalue weighted by Crippen LogP contribution is 2.53. The minimum Gasteiger partial charge on any atom is -0.392 e. The van der Waals surface area contributed by atoms with E-state index in [-0.39, 0.29) is 55.6 Å². The Morgan fingerprint density at radius 2 is 0.523 bits per heavy atom. The van der Waals surface area contributed by atoms with Gasteiger partial charge in [-0.1, -0.05) is 106 Å². The molecule has 4 aliphatic heterocycles. The van der Waals surface area contributed by atoms with Crippen LogP contribution in [-0.4, -0.2) is 81.4 Å². The summed E-state index contributed by atoms with van der Waals surface area (Å²) in [6.45, 7) is 35.6. The molecular formula is C119H99F5N8O13S4. The molecule has 149 heavy (non-hydrogen) atoms. The number of rotatable bonds is 20. The number of aromatic amines is 4. The molecule has 0 unspecified atom stereocenters. The molecule has 16 bridgehead atoms. The van der Waals surface area contributed by atoms with Gasteiger partial charge in [-0.2, -0.15) is 16.8 Å². The first-order valence-electron chi connectivity index (χ1n) is 47.7. The van der Waals surface area contributed by atoms with Crippen LogP contribution in [0.5, 0.6) is 0 Å². The topological polar surface area (TPSA) is 321 Å². The van der Waals surface area contributed by atoms with Gasteiger partial charge in [0.15, 0.2) is 23.3 Å². The van der Waals surface area contributed by atoms with Crippen molar-refractivity contribution in [3.8, 4) is 122 Å². The molecule has 9 N–H and O–H groups in total. The van der Waals surface area contributed by atoms with Crippen molar-refractivity contribution in [2.24, 2.45) is 0 Å². The van der Waals surface area contributed by atoms with Gasteiger partial charge in [-0.25, -0.2) is 52.4 Å². The summed E-state index contributed by atoms with van der Waals surface area (Å²) in [6, 6.07) is 46.7. The summed E-state index contributed by atoms with van der Waals surface area (Å²) in [5.41, 5.74) is 32.3. The van der Waals surface area contributed by atoms with E-state index >= 15 is 22.0 Å². The second-order valence-corrected chi connectivity index (χ2v) is 42.9. The van der Waals surface area contributed by atoms with Gasteiger partial charge in [0.25, 0.3) is 20.2 Å². The molecule has 10 aromatic carbocycles. The highest BCUT2D eigenvalue weighted by atomic mass is 32.2. The van der Waals surface area contributed by atoms with Crippen molar-refractivity contribution in [3.63, 3.8) is 0 Å². The summed E-state index contributed by atoms with van der Waals surface area (Å²) in [7, 11) is -10.9. The molecular weight excluding hydrogens is 1970 g/mol. The van der Waals surface area contributed by atoms with Crippen molar-refractivity contribution in [2.45, 2.75) is 151 Å². The molecule has 0 amide bonds. The maximum atomic E-state index is 16.7. The first-order chi connectivity index (χ1) is 71.0. The second kappa shape index (κ2) is 39.1. The van der Waals surface area contributed by atoms with E-state index in [0.29, 0.717) is 153 Å². The van der Waals surface area contributed by atoms with E-state index in [1.54, 1.807) is 44.2 Å². The molecule has 0 saturated carbocycles. The Morgan fingerprint density at radius 1 is 0.268 bits per heavy atom. The lowest BCUT2D eigenvalue weighted by Gasteiger charge is -2.20. The Kier molecular flexibility index (Phi) is 26.6. The Balaban J connectivity index is 0.779. The van der Waals surface area contributed by atoms with E-state index in [4.69, 9.17) is 28.6 Å². The number of aliphatic hydroxyl groups excluding tert-OH is 1. The highest BCUT2D eigenvalue weighted by Gasteiger charge is 2.36. The fourth-order valence-corrected chi connectivity index (χ4v) is 24.7. The van der Waals surface area contributed by atoms with Crippen LogP contribution in [0.3, 0.4) is 0 Å². The number of nitrogens with one attached hydrogen (secondary N) is 4. The zero-order valence-electron chi connectivity index (χ0n) is 84.2. The lowest BCUT2D eigenvalue weighted by molar-refractivity contribution is -0.432. The molecule has 0 atom stereocenters. The molecule has 21 nitrogen and oxygen atoms in total. The van der Waals surface area contributed by atoms with Crippen molar-refractivity contribution in [2.75, 3.05) is 0 Å². The maximum absolute atomic E-state index is 16.7. The third kappa shape index (κ3) is 18.0. The largest absolute Gasteiger partial charge is 0.392 e. The standard InChI is InChI=1S/C119H99F5N8O13S4/c1-54-39-60(7)100(61(8)40-54)107-82-27-29-86(127-82)109(87-30-28-83(128-87)108(101-62(9)41-55(2)42-63(101)10)85-34-38-95(132-85)113(94-37-33-84(107)131-94)114-115(120)117(122)119(124)118(123)116(114)121)103-66(13)47-75(48-67(103)14)77-49-97(147-145-143-135)78(52-98(77)148(136,137)138)79-50-96(146-144-142-134)76(51-99(79)149(139,140)141)74-45-64(11)102(65(12)46-74)110-88-31-35-92(129-88)111(104-68(15)56(3)43-57(4)69(104)16)90-25-23-80(125-90)106(73-21-19-72(53-133)20-22-73)81-24-26-91(126-81)112(93-36-32-89(110)130-93)105-70(17)58(5)44-59(6)71(105)18/h19-52,125,127,130,132-135H,53H2,1-18H3,(H,136,137,138)(H,139,140,141). The van der Waals surface area contributed by atoms with Crippen LogP contribution in [0.25, 0.3) is 215 Å². The third-order valence-electron chi connectivity index (χ3n) is 29.0. The summed E-state index contributed by atoms with van der Waals surface area (Å²) in [5.74, 6) is -10.8. The average Bonchev–Trinajstić information content (AvgIpc) is 1.73. The second-order valence-electron chi connectivity index (χ2n) is 38.7. The van der Waals surface area contributed by atoms with Crippen LogP contribution in [-0.2, 0) is 45.6 Å². The number of halogens is 5. The van der Waals surface area contributed by atoms with E-state index in [1.165, 1.54) is 24.3 Å². The molecule has 20 rings (SSSR count). The number of aryl methyl sites for hydroxylation is 14. The number of fused-ring (bicyclic) bond motifs is 16. The van der Waals surface area contributed by atoms with Gasteiger partial charge >= 0.3 is 0 Å². The van der Waals surface area contributed by atoms with Crippen LogP contribution in [0.2, 0.25) is 0 Å². The zero-order chi connectivity index (χ0) is 106. The normalized spacial score (nSPS) is 12.5. The Morgan fingerprint density at radius 3 is 0.832 bits per heavy atom. The Labute approximate surface area is 864 Å². The van der Waals surface area contributed by atoms with E-state index in [9.17, 15) is 41.6 Å². The third-order valence-corrected chi connectivity index (χ3v) is 32.1. The fourth-order valence-electron chi connectivity index (χ4n) is 22.2. The number of nitrogens with zero attached hydrogens (tertiary/aromatic N) is 4. The van der Waals surface area contributed by atoms with Gasteiger partial charge in [0, 0.05) is 115 Å². The average molecular weight is 2070 g/mol. The molecule has 0 saturated heterocycles. The van der Waals surface area contributed by atoms with Gasteiger partial charge < -0.3 is 25.0 Å². The summed E-state index contributed by atoms with van der Waals surface area (Å²) >= 11 is 0.722. The van der Waals surface area contributed by atoms with Crippen LogP contribution >= 0.6 is 24.1 Å². The van der Waals surface area contributed by atoms with Gasteiger partial charge in [0.2, 0.25) is 5.82 Å². The number of aliphatic hydroxyl groups is 1. The van der Waals surface area contributed by atoms with E-state index < -0.39 is 75.8 Å². The summed E-state index contributed by atoms with van der Waals surface area (Å²) in [6.07, 6.45) is 14.8. The first kappa shape index (κ1) is 102. The molecule has 752 valence electrons. The fraction of sp³-hybridized carbons (Fsp3) is 0.160. The maximum Gasteiger partial charge on any atom is 0.295 e. The molecule has 0 radical (unpaired) electrons. The number of hydrogen-bond acceptors (Lipinski definition) is 17. The molecule has 30 heteroatoms. The van der Waals surface area contributed by atoms with Crippen molar-refractivity contribution in [1.29, 1.82) is 0 Å². The number of aromatic nitrogens is 8. The predicted molar refractivity (Wildman–Crippen MR) is 583 cm³/mol. The van der Waals surface area contributed by atoms with Crippen LogP contribution in [0.15, 0.2) is 177 Å². The molecule has 0 aliphatic carbocycles. The smallest absolute Gasteiger partial charge is 0.295 e. The van der Waals surface area contributed by atoms with Crippen LogP contribution in [0.1, 0.15) is 151 Å². The van der Waals surface area contributed by atoms with Gasteiger partial charge in [0.05, 0.1) is 81.8 Å². The van der Waals surface area contributed by atoms with Crippen molar-refractivity contribution < 1.29 is 82.3 Å². The molecule has 4 aliphatic rings.